The molecule has 6 heteroatoms. The van der Waals surface area contributed by atoms with Crippen LogP contribution in [0.2, 0.25) is 0 Å². The number of H-pyrrole nitrogens is 1. The fourth-order valence-electron chi connectivity index (χ4n) is 4.82. The SMILES string of the molecule is COc1cc2c(cc1-c1c(C)noc1C)[nH]c1ncnc(C3=CCC=C3c3ccccc3)c12. The number of benzene rings is 2. The highest BCUT2D eigenvalue weighted by molar-refractivity contribution is 6.17. The zero-order chi connectivity index (χ0) is 22.5. The maximum Gasteiger partial charge on any atom is 0.142 e. The highest BCUT2D eigenvalue weighted by atomic mass is 16.5. The van der Waals surface area contributed by atoms with Gasteiger partial charge in [-0.2, -0.15) is 0 Å². The van der Waals surface area contributed by atoms with Crippen molar-refractivity contribution < 1.29 is 9.26 Å². The third kappa shape index (κ3) is 2.98. The number of aromatic nitrogens is 4. The number of aromatic amines is 1. The van der Waals surface area contributed by atoms with Crippen LogP contribution in [0.5, 0.6) is 5.75 Å². The van der Waals surface area contributed by atoms with Gasteiger partial charge in [-0.15, -0.1) is 0 Å². The van der Waals surface area contributed by atoms with Gasteiger partial charge in [-0.05, 0) is 43.5 Å². The van der Waals surface area contributed by atoms with E-state index in [1.165, 1.54) is 11.1 Å². The van der Waals surface area contributed by atoms with Crippen molar-refractivity contribution in [3.63, 3.8) is 0 Å². The smallest absolute Gasteiger partial charge is 0.142 e. The van der Waals surface area contributed by atoms with Gasteiger partial charge in [0.1, 0.15) is 23.5 Å². The molecule has 6 nitrogen and oxygen atoms in total. The number of rotatable bonds is 4. The molecule has 0 unspecified atom stereocenters. The van der Waals surface area contributed by atoms with Crippen molar-refractivity contribution in [2.75, 3.05) is 7.11 Å². The summed E-state index contributed by atoms with van der Waals surface area (Å²) in [7, 11) is 1.69. The zero-order valence-electron chi connectivity index (χ0n) is 18.6. The summed E-state index contributed by atoms with van der Waals surface area (Å²) >= 11 is 0. The van der Waals surface area contributed by atoms with Gasteiger partial charge in [-0.3, -0.25) is 0 Å². The summed E-state index contributed by atoms with van der Waals surface area (Å²) < 4.78 is 11.2. The summed E-state index contributed by atoms with van der Waals surface area (Å²) in [6.45, 7) is 3.85. The van der Waals surface area contributed by atoms with Crippen LogP contribution in [0.3, 0.4) is 0 Å². The van der Waals surface area contributed by atoms with Gasteiger partial charge in [-0.25, -0.2) is 9.97 Å². The number of aryl methyl sites for hydroxylation is 2. The van der Waals surface area contributed by atoms with Crippen LogP contribution in [-0.2, 0) is 0 Å². The van der Waals surface area contributed by atoms with Gasteiger partial charge in [0.05, 0.1) is 29.4 Å². The Morgan fingerprint density at radius 3 is 2.58 bits per heavy atom. The molecule has 1 N–H and O–H groups in total. The molecule has 3 aromatic heterocycles. The summed E-state index contributed by atoms with van der Waals surface area (Å²) in [6.07, 6.45) is 7.00. The Labute approximate surface area is 190 Å². The van der Waals surface area contributed by atoms with Gasteiger partial charge in [0.2, 0.25) is 0 Å². The molecular formula is C27H22N4O2. The summed E-state index contributed by atoms with van der Waals surface area (Å²) in [6, 6.07) is 14.6. The lowest BCUT2D eigenvalue weighted by Gasteiger charge is -2.11. The maximum atomic E-state index is 5.81. The number of hydrogen-bond donors (Lipinski definition) is 1. The van der Waals surface area contributed by atoms with Crippen molar-refractivity contribution in [2.45, 2.75) is 20.3 Å². The van der Waals surface area contributed by atoms with Crippen LogP contribution in [0.25, 0.3) is 44.2 Å². The van der Waals surface area contributed by atoms with Crippen LogP contribution >= 0.6 is 0 Å². The lowest BCUT2D eigenvalue weighted by molar-refractivity contribution is 0.393. The highest BCUT2D eigenvalue weighted by Gasteiger charge is 2.23. The molecule has 33 heavy (non-hydrogen) atoms. The van der Waals surface area contributed by atoms with Crippen LogP contribution in [0.1, 0.15) is 29.1 Å². The standard InChI is InChI=1S/C27H22N4O2/c1-15-24(16(2)33-31-15)21-12-22-20(13-23(21)32-3)25-26(28-14-29-27(25)30-22)19-11-7-10-18(19)17-8-5-4-6-9-17/h4-6,8-14H,7H2,1-3H3,(H,28,29,30). The second-order valence-corrected chi connectivity index (χ2v) is 8.21. The van der Waals surface area contributed by atoms with Gasteiger partial charge in [0.25, 0.3) is 0 Å². The van der Waals surface area contributed by atoms with E-state index in [4.69, 9.17) is 14.2 Å². The third-order valence-corrected chi connectivity index (χ3v) is 6.29. The van der Waals surface area contributed by atoms with Crippen LogP contribution in [0.15, 0.2) is 65.5 Å². The number of fused-ring (bicyclic) bond motifs is 3. The average Bonchev–Trinajstić information content (AvgIpc) is 3.55. The molecule has 0 fully saturated rings. The zero-order valence-corrected chi connectivity index (χ0v) is 18.6. The average molecular weight is 434 g/mol. The number of nitrogens with one attached hydrogen (secondary N) is 1. The molecule has 0 aliphatic heterocycles. The summed E-state index contributed by atoms with van der Waals surface area (Å²) in [5, 5.41) is 6.13. The van der Waals surface area contributed by atoms with Crippen molar-refractivity contribution >= 4 is 33.1 Å². The molecule has 0 spiro atoms. The van der Waals surface area contributed by atoms with Gasteiger partial charge >= 0.3 is 0 Å². The molecule has 6 rings (SSSR count). The second-order valence-electron chi connectivity index (χ2n) is 8.21. The van der Waals surface area contributed by atoms with Crippen molar-refractivity contribution in [1.29, 1.82) is 0 Å². The number of nitrogens with zero attached hydrogens (tertiary/aromatic N) is 3. The Morgan fingerprint density at radius 2 is 1.82 bits per heavy atom. The number of ether oxygens (including phenoxy) is 1. The van der Waals surface area contributed by atoms with Gasteiger partial charge < -0.3 is 14.2 Å². The number of allylic oxidation sites excluding steroid dienone is 4. The van der Waals surface area contributed by atoms with Gasteiger partial charge in [0, 0.05) is 22.0 Å². The highest BCUT2D eigenvalue weighted by Crippen LogP contribution is 2.43. The van der Waals surface area contributed by atoms with E-state index in [0.717, 1.165) is 68.0 Å². The first-order valence-electron chi connectivity index (χ1n) is 10.9. The Balaban J connectivity index is 1.59. The molecule has 0 bridgehead atoms. The van der Waals surface area contributed by atoms with Gasteiger partial charge in [-0.1, -0.05) is 47.6 Å². The van der Waals surface area contributed by atoms with E-state index in [2.05, 4.69) is 63.7 Å². The molecule has 0 saturated heterocycles. The van der Waals surface area contributed by atoms with E-state index < -0.39 is 0 Å². The van der Waals surface area contributed by atoms with E-state index in [1.807, 2.05) is 19.9 Å². The first kappa shape index (κ1) is 19.5. The van der Waals surface area contributed by atoms with E-state index in [9.17, 15) is 0 Å². The van der Waals surface area contributed by atoms with Crippen LogP contribution in [0, 0.1) is 13.8 Å². The maximum absolute atomic E-state index is 5.81. The van der Waals surface area contributed by atoms with Crippen molar-refractivity contribution in [2.24, 2.45) is 0 Å². The predicted molar refractivity (Wildman–Crippen MR) is 130 cm³/mol. The fraction of sp³-hybridized carbons (Fsp3) is 0.148. The second kappa shape index (κ2) is 7.45. The fourth-order valence-corrected chi connectivity index (χ4v) is 4.82. The topological polar surface area (TPSA) is 76.8 Å². The molecule has 0 radical (unpaired) electrons. The lowest BCUT2D eigenvalue weighted by Crippen LogP contribution is -1.94. The molecule has 1 aliphatic rings. The summed E-state index contributed by atoms with van der Waals surface area (Å²) in [5.74, 6) is 1.52. The van der Waals surface area contributed by atoms with Crippen LogP contribution in [-0.4, -0.2) is 27.2 Å². The van der Waals surface area contributed by atoms with Crippen LogP contribution < -0.4 is 4.74 Å². The van der Waals surface area contributed by atoms with Crippen molar-refractivity contribution in [1.82, 2.24) is 20.1 Å². The molecule has 0 amide bonds. The Bertz CT molecular complexity index is 1570. The first-order chi connectivity index (χ1) is 16.2. The lowest BCUT2D eigenvalue weighted by atomic mass is 9.95. The molecular weight excluding hydrogens is 412 g/mol. The monoisotopic (exact) mass is 434 g/mol. The number of methoxy groups -OCH3 is 1. The van der Waals surface area contributed by atoms with Crippen LogP contribution in [0.4, 0.5) is 0 Å². The first-order valence-corrected chi connectivity index (χ1v) is 10.9. The number of hydrogen-bond acceptors (Lipinski definition) is 5. The minimum absolute atomic E-state index is 0.756. The summed E-state index contributed by atoms with van der Waals surface area (Å²) in [4.78, 5) is 12.8. The van der Waals surface area contributed by atoms with E-state index >= 15 is 0 Å². The minimum atomic E-state index is 0.756. The molecule has 2 aromatic carbocycles. The molecule has 0 saturated carbocycles. The van der Waals surface area contributed by atoms with Gasteiger partial charge in [0.15, 0.2) is 0 Å². The predicted octanol–water partition coefficient (Wildman–Crippen LogP) is 6.26. The third-order valence-electron chi connectivity index (χ3n) is 6.29. The van der Waals surface area contributed by atoms with E-state index in [0.29, 0.717) is 0 Å². The molecule has 5 aromatic rings. The quantitative estimate of drug-likeness (QED) is 0.361. The molecule has 162 valence electrons. The van der Waals surface area contributed by atoms with Crippen molar-refractivity contribution in [3.05, 3.63) is 83.7 Å². The van der Waals surface area contributed by atoms with Crippen molar-refractivity contribution in [3.8, 4) is 16.9 Å². The Hall–Kier alpha value is -4.19. The molecule has 0 atom stereocenters. The molecule has 1 aliphatic carbocycles. The van der Waals surface area contributed by atoms with E-state index in [-0.39, 0.29) is 0 Å². The Kier molecular flexibility index (Phi) is 4.40. The van der Waals surface area contributed by atoms with E-state index in [1.54, 1.807) is 13.4 Å². The molecule has 3 heterocycles. The summed E-state index contributed by atoms with van der Waals surface area (Å²) in [5.41, 5.74) is 8.92. The minimum Gasteiger partial charge on any atom is -0.496 e. The Morgan fingerprint density at radius 1 is 1.00 bits per heavy atom. The largest absolute Gasteiger partial charge is 0.496 e. The normalized spacial score (nSPS) is 13.5.